The number of rotatable bonds is 3. The maximum atomic E-state index is 11.3. The van der Waals surface area contributed by atoms with Crippen LogP contribution < -0.4 is 4.74 Å². The molecular formula is C13H15ClO2. The average Bonchev–Trinajstić information content (AvgIpc) is 2.82. The number of halogens is 1. The van der Waals surface area contributed by atoms with Crippen LogP contribution in [0.5, 0.6) is 5.75 Å². The molecular weight excluding hydrogens is 224 g/mol. The molecule has 0 bridgehead atoms. The number of ether oxygens (including phenoxy) is 1. The van der Waals surface area contributed by atoms with Gasteiger partial charge < -0.3 is 4.74 Å². The summed E-state index contributed by atoms with van der Waals surface area (Å²) in [5, 5.41) is -0.231. The minimum Gasteiger partial charge on any atom is -0.497 e. The van der Waals surface area contributed by atoms with Gasteiger partial charge in [0.15, 0.2) is 0 Å². The van der Waals surface area contributed by atoms with Crippen LogP contribution >= 0.6 is 11.6 Å². The molecule has 16 heavy (non-hydrogen) atoms. The fourth-order valence-corrected chi connectivity index (χ4v) is 2.90. The zero-order chi connectivity index (χ0) is 11.9. The van der Waals surface area contributed by atoms with E-state index in [1.807, 2.05) is 24.3 Å². The van der Waals surface area contributed by atoms with Gasteiger partial charge in [0.05, 0.1) is 7.11 Å². The van der Waals surface area contributed by atoms with Crippen LogP contribution in [-0.4, -0.2) is 12.4 Å². The van der Waals surface area contributed by atoms with E-state index in [1.54, 1.807) is 7.11 Å². The molecule has 0 aromatic heterocycles. The van der Waals surface area contributed by atoms with Crippen molar-refractivity contribution < 1.29 is 9.53 Å². The summed E-state index contributed by atoms with van der Waals surface area (Å²) in [6, 6.07) is 7.84. The van der Waals surface area contributed by atoms with Gasteiger partial charge in [-0.2, -0.15) is 0 Å². The number of carbonyl (C=O) groups excluding carboxylic acids is 1. The van der Waals surface area contributed by atoms with Gasteiger partial charge in [0.2, 0.25) is 5.24 Å². The molecule has 1 aliphatic carbocycles. The van der Waals surface area contributed by atoms with E-state index in [0.717, 1.165) is 11.3 Å². The Balaban J connectivity index is 2.23. The zero-order valence-electron chi connectivity index (χ0n) is 9.66. The van der Waals surface area contributed by atoms with Crippen molar-refractivity contribution in [1.82, 2.24) is 0 Å². The van der Waals surface area contributed by atoms with Crippen molar-refractivity contribution >= 4 is 16.8 Å². The third-order valence-electron chi connectivity index (χ3n) is 3.55. The second-order valence-electron chi connectivity index (χ2n) is 4.85. The summed E-state index contributed by atoms with van der Waals surface area (Å²) in [4.78, 5) is 11.3. The highest BCUT2D eigenvalue weighted by Crippen LogP contribution is 2.65. The number of hydrogen-bond acceptors (Lipinski definition) is 2. The van der Waals surface area contributed by atoms with Crippen LogP contribution in [0.15, 0.2) is 24.3 Å². The summed E-state index contributed by atoms with van der Waals surface area (Å²) in [6.07, 6.45) is 0. The predicted octanol–water partition coefficient (Wildman–Crippen LogP) is 3.20. The first-order valence-corrected chi connectivity index (χ1v) is 5.69. The van der Waals surface area contributed by atoms with E-state index < -0.39 is 0 Å². The van der Waals surface area contributed by atoms with Crippen molar-refractivity contribution in [2.45, 2.75) is 19.8 Å². The third-order valence-corrected chi connectivity index (χ3v) is 3.78. The Bertz CT molecular complexity index is 408. The van der Waals surface area contributed by atoms with Gasteiger partial charge in [0.25, 0.3) is 0 Å². The number of benzene rings is 1. The zero-order valence-corrected chi connectivity index (χ0v) is 10.4. The largest absolute Gasteiger partial charge is 0.497 e. The molecule has 0 saturated heterocycles. The molecule has 2 atom stereocenters. The van der Waals surface area contributed by atoms with Crippen LogP contribution in [0.25, 0.3) is 0 Å². The number of carbonyl (C=O) groups is 1. The summed E-state index contributed by atoms with van der Waals surface area (Å²) in [6.45, 7) is 4.15. The van der Waals surface area contributed by atoms with Crippen LogP contribution in [-0.2, 0) is 4.79 Å². The number of methoxy groups -OCH3 is 1. The maximum absolute atomic E-state index is 11.3. The Kier molecular flexibility index (Phi) is 2.70. The Morgan fingerprint density at radius 1 is 1.31 bits per heavy atom. The molecule has 1 saturated carbocycles. The Morgan fingerprint density at radius 2 is 1.88 bits per heavy atom. The molecule has 0 amide bonds. The van der Waals surface area contributed by atoms with Crippen LogP contribution in [0.2, 0.25) is 0 Å². The molecule has 3 heteroatoms. The van der Waals surface area contributed by atoms with Crippen LogP contribution in [0.1, 0.15) is 25.3 Å². The van der Waals surface area contributed by atoms with E-state index >= 15 is 0 Å². The molecule has 86 valence electrons. The highest BCUT2D eigenvalue weighted by Gasteiger charge is 2.61. The fraction of sp³-hybridized carbons (Fsp3) is 0.462. The molecule has 0 aliphatic heterocycles. The molecule has 0 N–H and O–H groups in total. The Morgan fingerprint density at radius 3 is 2.25 bits per heavy atom. The van der Waals surface area contributed by atoms with Crippen LogP contribution in [0, 0.1) is 11.3 Å². The SMILES string of the molecule is COc1ccc([C@H]2[C@H](C(=O)Cl)C2(C)C)cc1. The van der Waals surface area contributed by atoms with Crippen molar-refractivity contribution in [3.63, 3.8) is 0 Å². The lowest BCUT2D eigenvalue weighted by atomic mass is 10.0. The van der Waals surface area contributed by atoms with E-state index in [1.165, 1.54) is 0 Å². The highest BCUT2D eigenvalue weighted by atomic mass is 35.5. The van der Waals surface area contributed by atoms with Crippen molar-refractivity contribution in [3.05, 3.63) is 29.8 Å². The summed E-state index contributed by atoms with van der Waals surface area (Å²) in [5.41, 5.74) is 1.14. The summed E-state index contributed by atoms with van der Waals surface area (Å²) < 4.78 is 5.10. The average molecular weight is 239 g/mol. The molecule has 0 spiro atoms. The normalized spacial score (nSPS) is 26.2. The standard InChI is InChI=1S/C13H15ClO2/c1-13(2)10(11(13)12(14)15)8-4-6-9(16-3)7-5-8/h4-7,10-11H,1-3H3/t10-,11+/m0/s1. The monoisotopic (exact) mass is 238 g/mol. The predicted molar refractivity (Wildman–Crippen MR) is 63.9 cm³/mol. The second kappa shape index (κ2) is 3.77. The van der Waals surface area contributed by atoms with Crippen LogP contribution in [0.4, 0.5) is 0 Å². The van der Waals surface area contributed by atoms with Crippen molar-refractivity contribution in [1.29, 1.82) is 0 Å². The molecule has 0 radical (unpaired) electrons. The molecule has 1 aromatic carbocycles. The van der Waals surface area contributed by atoms with Crippen molar-refractivity contribution in [2.24, 2.45) is 11.3 Å². The maximum Gasteiger partial charge on any atom is 0.225 e. The quantitative estimate of drug-likeness (QED) is 0.756. The third kappa shape index (κ3) is 1.71. The lowest BCUT2D eigenvalue weighted by molar-refractivity contribution is -0.113. The first-order chi connectivity index (χ1) is 7.48. The van der Waals surface area contributed by atoms with Crippen molar-refractivity contribution in [3.8, 4) is 5.75 Å². The van der Waals surface area contributed by atoms with Gasteiger partial charge in [-0.05, 0) is 34.7 Å². The van der Waals surface area contributed by atoms with E-state index in [2.05, 4.69) is 13.8 Å². The molecule has 1 aliphatic rings. The van der Waals surface area contributed by atoms with E-state index in [0.29, 0.717) is 0 Å². The van der Waals surface area contributed by atoms with E-state index in [4.69, 9.17) is 16.3 Å². The molecule has 0 heterocycles. The van der Waals surface area contributed by atoms with Gasteiger partial charge in [0.1, 0.15) is 5.75 Å². The molecule has 2 nitrogen and oxygen atoms in total. The number of hydrogen-bond donors (Lipinski definition) is 0. The minimum atomic E-state index is -0.231. The van der Waals surface area contributed by atoms with Gasteiger partial charge in [-0.15, -0.1) is 0 Å². The van der Waals surface area contributed by atoms with E-state index in [9.17, 15) is 4.79 Å². The van der Waals surface area contributed by atoms with E-state index in [-0.39, 0.29) is 22.5 Å². The molecule has 1 aromatic rings. The van der Waals surface area contributed by atoms with Gasteiger partial charge >= 0.3 is 0 Å². The first-order valence-electron chi connectivity index (χ1n) is 5.31. The van der Waals surface area contributed by atoms with Crippen molar-refractivity contribution in [2.75, 3.05) is 7.11 Å². The second-order valence-corrected chi connectivity index (χ2v) is 5.23. The van der Waals surface area contributed by atoms with Gasteiger partial charge in [0, 0.05) is 11.8 Å². The molecule has 2 rings (SSSR count). The van der Waals surface area contributed by atoms with Gasteiger partial charge in [-0.3, -0.25) is 4.79 Å². The first kappa shape index (κ1) is 11.5. The minimum absolute atomic E-state index is 0.0204. The lowest BCUT2D eigenvalue weighted by Gasteiger charge is -2.04. The fourth-order valence-electron chi connectivity index (χ4n) is 2.49. The summed E-state index contributed by atoms with van der Waals surface area (Å²) in [5.74, 6) is 1.02. The van der Waals surface area contributed by atoms with Gasteiger partial charge in [-0.1, -0.05) is 26.0 Å². The molecule has 1 fully saturated rings. The highest BCUT2D eigenvalue weighted by molar-refractivity contribution is 6.64. The van der Waals surface area contributed by atoms with Crippen LogP contribution in [0.3, 0.4) is 0 Å². The Labute approximate surface area is 101 Å². The smallest absolute Gasteiger partial charge is 0.225 e. The molecule has 0 unspecified atom stereocenters. The van der Waals surface area contributed by atoms with Gasteiger partial charge in [-0.25, -0.2) is 0 Å². The summed E-state index contributed by atoms with van der Waals surface area (Å²) >= 11 is 5.60. The Hall–Kier alpha value is -1.02. The topological polar surface area (TPSA) is 26.3 Å². The summed E-state index contributed by atoms with van der Waals surface area (Å²) in [7, 11) is 1.64. The lowest BCUT2D eigenvalue weighted by Crippen LogP contribution is -1.96.